The van der Waals surface area contributed by atoms with Gasteiger partial charge in [-0.25, -0.2) is 0 Å². The van der Waals surface area contributed by atoms with E-state index in [-0.39, 0.29) is 37.5 Å². The van der Waals surface area contributed by atoms with Gasteiger partial charge in [-0.3, -0.25) is 14.4 Å². The first-order chi connectivity index (χ1) is 32.0. The van der Waals surface area contributed by atoms with E-state index >= 15 is 0 Å². The van der Waals surface area contributed by atoms with E-state index in [2.05, 4.69) is 93.7 Å². The summed E-state index contributed by atoms with van der Waals surface area (Å²) >= 11 is 0. The van der Waals surface area contributed by atoms with Crippen LogP contribution in [0.3, 0.4) is 0 Å². The Bertz CT molecular complexity index is 1230. The monoisotopic (exact) mass is 907 g/mol. The van der Waals surface area contributed by atoms with Crippen LogP contribution >= 0.6 is 0 Å². The molecule has 6 nitrogen and oxygen atoms in total. The zero-order chi connectivity index (χ0) is 47.2. The molecule has 0 aliphatic heterocycles. The van der Waals surface area contributed by atoms with Crippen molar-refractivity contribution in [2.45, 2.75) is 271 Å². The SMILES string of the molecule is CC/C=C\C/C=C\C/C=C\C/C=C\C/C=C\CCCC(=O)OCC(COC(=O)CCCCCCCCCCCCCCCC)OC(=O)CCCCCCC/C=C\CCCCCCCCC. The van der Waals surface area contributed by atoms with Crippen molar-refractivity contribution < 1.29 is 28.6 Å². The Labute approximate surface area is 402 Å². The topological polar surface area (TPSA) is 78.9 Å². The summed E-state index contributed by atoms with van der Waals surface area (Å²) in [4.78, 5) is 38.0. The molecule has 0 aromatic carbocycles. The van der Waals surface area contributed by atoms with Gasteiger partial charge in [0.05, 0.1) is 0 Å². The number of ether oxygens (including phenoxy) is 3. The van der Waals surface area contributed by atoms with Crippen LogP contribution in [0.1, 0.15) is 265 Å². The predicted octanol–water partition coefficient (Wildman–Crippen LogP) is 18.2. The first kappa shape index (κ1) is 61.9. The highest BCUT2D eigenvalue weighted by Gasteiger charge is 2.19. The molecule has 0 N–H and O–H groups in total. The number of hydrogen-bond acceptors (Lipinski definition) is 6. The van der Waals surface area contributed by atoms with Crippen molar-refractivity contribution in [1.29, 1.82) is 0 Å². The molecule has 0 aliphatic rings. The van der Waals surface area contributed by atoms with Gasteiger partial charge in [0, 0.05) is 19.3 Å². The van der Waals surface area contributed by atoms with Gasteiger partial charge in [-0.1, -0.05) is 235 Å². The van der Waals surface area contributed by atoms with Gasteiger partial charge in [0.15, 0.2) is 6.10 Å². The maximum Gasteiger partial charge on any atom is 0.306 e. The van der Waals surface area contributed by atoms with Crippen LogP contribution in [-0.4, -0.2) is 37.2 Å². The number of allylic oxidation sites excluding steroid dienone is 12. The largest absolute Gasteiger partial charge is 0.462 e. The molecule has 1 unspecified atom stereocenters. The van der Waals surface area contributed by atoms with Gasteiger partial charge in [0.2, 0.25) is 0 Å². The Morgan fingerprint density at radius 1 is 0.323 bits per heavy atom. The molecule has 0 amide bonds. The fourth-order valence-corrected chi connectivity index (χ4v) is 7.59. The van der Waals surface area contributed by atoms with Crippen LogP contribution in [0.25, 0.3) is 0 Å². The van der Waals surface area contributed by atoms with E-state index in [1.807, 2.05) is 0 Å². The third-order valence-corrected chi connectivity index (χ3v) is 11.7. The van der Waals surface area contributed by atoms with Crippen LogP contribution < -0.4 is 0 Å². The molecule has 0 rings (SSSR count). The van der Waals surface area contributed by atoms with Gasteiger partial charge in [-0.2, -0.15) is 0 Å². The fraction of sp³-hybridized carbons (Fsp3) is 0.746. The Hall–Kier alpha value is -3.15. The Morgan fingerprint density at radius 2 is 0.615 bits per heavy atom. The number of rotatable bonds is 49. The van der Waals surface area contributed by atoms with Gasteiger partial charge < -0.3 is 14.2 Å². The molecule has 65 heavy (non-hydrogen) atoms. The molecule has 0 saturated carbocycles. The molecule has 0 aromatic rings. The molecule has 0 heterocycles. The van der Waals surface area contributed by atoms with Crippen molar-refractivity contribution in [3.05, 3.63) is 72.9 Å². The highest BCUT2D eigenvalue weighted by molar-refractivity contribution is 5.71. The van der Waals surface area contributed by atoms with Gasteiger partial charge >= 0.3 is 17.9 Å². The highest BCUT2D eigenvalue weighted by atomic mass is 16.6. The second kappa shape index (κ2) is 53.5. The van der Waals surface area contributed by atoms with Crippen molar-refractivity contribution in [3.8, 4) is 0 Å². The second-order valence-corrected chi connectivity index (χ2v) is 18.1. The van der Waals surface area contributed by atoms with Crippen LogP contribution in [0.5, 0.6) is 0 Å². The zero-order valence-electron chi connectivity index (χ0n) is 42.7. The maximum absolute atomic E-state index is 12.8. The molecule has 0 saturated heterocycles. The van der Waals surface area contributed by atoms with E-state index in [9.17, 15) is 14.4 Å². The molecule has 0 spiro atoms. The lowest BCUT2D eigenvalue weighted by Gasteiger charge is -2.18. The highest BCUT2D eigenvalue weighted by Crippen LogP contribution is 2.15. The van der Waals surface area contributed by atoms with E-state index in [1.165, 1.54) is 128 Å². The summed E-state index contributed by atoms with van der Waals surface area (Å²) < 4.78 is 16.8. The Kier molecular flexibility index (Phi) is 50.9. The lowest BCUT2D eigenvalue weighted by atomic mass is 10.0. The third kappa shape index (κ3) is 51.7. The summed E-state index contributed by atoms with van der Waals surface area (Å²) in [5.41, 5.74) is 0. The molecule has 0 aliphatic carbocycles. The van der Waals surface area contributed by atoms with E-state index < -0.39 is 6.10 Å². The third-order valence-electron chi connectivity index (χ3n) is 11.7. The Balaban J connectivity index is 4.47. The summed E-state index contributed by atoms with van der Waals surface area (Å²) in [6, 6.07) is 0. The second-order valence-electron chi connectivity index (χ2n) is 18.1. The van der Waals surface area contributed by atoms with Crippen LogP contribution in [0.4, 0.5) is 0 Å². The number of carbonyl (C=O) groups excluding carboxylic acids is 3. The van der Waals surface area contributed by atoms with Crippen molar-refractivity contribution in [3.63, 3.8) is 0 Å². The van der Waals surface area contributed by atoms with E-state index in [4.69, 9.17) is 14.2 Å². The molecule has 0 bridgehead atoms. The molecular weight excluding hydrogens is 805 g/mol. The minimum absolute atomic E-state index is 0.0943. The van der Waals surface area contributed by atoms with Crippen LogP contribution in [0.2, 0.25) is 0 Å². The number of esters is 3. The summed E-state index contributed by atoms with van der Waals surface area (Å²) in [6.45, 7) is 6.48. The summed E-state index contributed by atoms with van der Waals surface area (Å²) in [7, 11) is 0. The minimum atomic E-state index is -0.800. The van der Waals surface area contributed by atoms with Gasteiger partial charge in [-0.05, 0) is 83.5 Å². The maximum atomic E-state index is 12.8. The average molecular weight is 907 g/mol. The average Bonchev–Trinajstić information content (AvgIpc) is 3.30. The van der Waals surface area contributed by atoms with Crippen molar-refractivity contribution >= 4 is 17.9 Å². The summed E-state index contributed by atoms with van der Waals surface area (Å²) in [6.07, 6.45) is 67.5. The van der Waals surface area contributed by atoms with Crippen molar-refractivity contribution in [2.24, 2.45) is 0 Å². The van der Waals surface area contributed by atoms with E-state index in [1.54, 1.807) is 0 Å². The minimum Gasteiger partial charge on any atom is -0.462 e. The van der Waals surface area contributed by atoms with Crippen molar-refractivity contribution in [2.75, 3.05) is 13.2 Å². The molecule has 0 radical (unpaired) electrons. The molecule has 0 fully saturated rings. The fourth-order valence-electron chi connectivity index (χ4n) is 7.59. The number of carbonyl (C=O) groups is 3. The predicted molar refractivity (Wildman–Crippen MR) is 279 cm³/mol. The quantitative estimate of drug-likeness (QED) is 0.0262. The standard InChI is InChI=1S/C59H102O6/c1-4-7-10-13-16-19-22-25-28-30-32-34-37-40-43-46-49-52-58(61)64-55-56(54-63-57(60)51-48-45-42-39-36-33-27-24-21-18-15-12-9-6-3)65-59(62)53-50-47-44-41-38-35-31-29-26-23-20-17-14-11-8-5-2/h7,10,16,19,25,28-29,31-32,34,40,43,56H,4-6,8-9,11-15,17-18,20-24,26-27,30,33,35-39,41-42,44-55H2,1-3H3/b10-7-,19-16-,28-25-,31-29-,34-32-,43-40-. The van der Waals surface area contributed by atoms with Gasteiger partial charge in [0.1, 0.15) is 13.2 Å². The lowest BCUT2D eigenvalue weighted by molar-refractivity contribution is -0.167. The molecule has 6 heteroatoms. The molecule has 1 atom stereocenters. The first-order valence-corrected chi connectivity index (χ1v) is 27.4. The van der Waals surface area contributed by atoms with Gasteiger partial charge in [0.25, 0.3) is 0 Å². The zero-order valence-corrected chi connectivity index (χ0v) is 42.7. The number of unbranched alkanes of at least 4 members (excludes halogenated alkanes) is 26. The van der Waals surface area contributed by atoms with Crippen LogP contribution in [0, 0.1) is 0 Å². The normalized spacial score (nSPS) is 12.6. The summed E-state index contributed by atoms with van der Waals surface area (Å²) in [5, 5.41) is 0. The smallest absolute Gasteiger partial charge is 0.306 e. The molecule has 374 valence electrons. The number of hydrogen-bond donors (Lipinski definition) is 0. The van der Waals surface area contributed by atoms with E-state index in [0.29, 0.717) is 19.3 Å². The van der Waals surface area contributed by atoms with Gasteiger partial charge in [-0.15, -0.1) is 0 Å². The molecule has 0 aromatic heterocycles. The van der Waals surface area contributed by atoms with E-state index in [0.717, 1.165) is 89.9 Å². The van der Waals surface area contributed by atoms with Crippen molar-refractivity contribution in [1.82, 2.24) is 0 Å². The van der Waals surface area contributed by atoms with Crippen LogP contribution in [-0.2, 0) is 28.6 Å². The Morgan fingerprint density at radius 3 is 1.02 bits per heavy atom. The first-order valence-electron chi connectivity index (χ1n) is 27.4. The van der Waals surface area contributed by atoms with Crippen LogP contribution in [0.15, 0.2) is 72.9 Å². The summed E-state index contributed by atoms with van der Waals surface area (Å²) in [5.74, 6) is -0.957. The lowest BCUT2D eigenvalue weighted by Crippen LogP contribution is -2.30. The molecular formula is C59H102O6.